The number of nitrogens with one attached hydrogen (secondary N) is 3. The summed E-state index contributed by atoms with van der Waals surface area (Å²) in [6, 6.07) is 14.4. The fourth-order valence-corrected chi connectivity index (χ4v) is 5.11. The molecule has 45 heavy (non-hydrogen) atoms. The van der Waals surface area contributed by atoms with Crippen molar-refractivity contribution < 1.29 is 23.9 Å². The molecule has 2 amide bonds. The summed E-state index contributed by atoms with van der Waals surface area (Å²) >= 11 is 0. The van der Waals surface area contributed by atoms with E-state index >= 15 is 0 Å². The van der Waals surface area contributed by atoms with Gasteiger partial charge in [0.05, 0.1) is 6.61 Å². The van der Waals surface area contributed by atoms with Crippen molar-refractivity contribution in [1.82, 2.24) is 16.0 Å². The summed E-state index contributed by atoms with van der Waals surface area (Å²) < 4.78 is 11.2. The molecule has 0 unspecified atom stereocenters. The Morgan fingerprint density at radius 1 is 0.867 bits per heavy atom. The van der Waals surface area contributed by atoms with Crippen LogP contribution in [0.5, 0.6) is 0 Å². The van der Waals surface area contributed by atoms with E-state index in [1.165, 1.54) is 0 Å². The molecule has 0 saturated carbocycles. The number of rotatable bonds is 15. The minimum atomic E-state index is -0.935. The molecule has 0 aliphatic heterocycles. The van der Waals surface area contributed by atoms with Crippen molar-refractivity contribution >= 4 is 37.4 Å². The lowest BCUT2D eigenvalue weighted by molar-refractivity contribution is -0.148. The normalized spacial score (nSPS) is 13.4. The summed E-state index contributed by atoms with van der Waals surface area (Å²) in [7, 11) is 1.58. The number of esters is 1. The fraction of sp³-hybridized carbons (Fsp3) is 0.529. The Balaban J connectivity index is 0.00000506. The number of alkyl carbamates (subject to hydrolysis) is 1. The molecule has 0 spiro atoms. The van der Waals surface area contributed by atoms with Gasteiger partial charge in [0.15, 0.2) is 5.96 Å². The van der Waals surface area contributed by atoms with E-state index in [4.69, 9.17) is 15.2 Å². The molecular formula is C34H53N5O5S. The van der Waals surface area contributed by atoms with E-state index in [2.05, 4.69) is 46.9 Å². The van der Waals surface area contributed by atoms with Gasteiger partial charge in [0.1, 0.15) is 18.7 Å². The number of nitrogens with two attached hydrogens (primary N) is 1. The fourth-order valence-electron chi connectivity index (χ4n) is 5.11. The lowest BCUT2D eigenvalue weighted by atomic mass is 9.98. The van der Waals surface area contributed by atoms with E-state index in [0.29, 0.717) is 25.3 Å². The Kier molecular flexibility index (Phi) is 17.1. The quantitative estimate of drug-likeness (QED) is 0.0917. The highest BCUT2D eigenvalue weighted by Crippen LogP contribution is 2.44. The van der Waals surface area contributed by atoms with Crippen LogP contribution in [0.15, 0.2) is 53.5 Å². The third-order valence-electron chi connectivity index (χ3n) is 7.42. The van der Waals surface area contributed by atoms with Crippen LogP contribution in [0, 0.1) is 11.8 Å². The number of hydrogen-bond donors (Lipinski definition) is 4. The van der Waals surface area contributed by atoms with Crippen LogP contribution in [0.25, 0.3) is 11.1 Å². The lowest BCUT2D eigenvalue weighted by Gasteiger charge is -2.24. The van der Waals surface area contributed by atoms with Gasteiger partial charge < -0.3 is 31.2 Å². The first-order valence-electron chi connectivity index (χ1n) is 15.1. The van der Waals surface area contributed by atoms with E-state index in [1.54, 1.807) is 7.05 Å². The monoisotopic (exact) mass is 643 g/mol. The standard InChI is InChI=1S/C33H47N5O5.CH4.H2S/c1-21(2)16-18-42-31(40)29(19-22(3)4)37-30(39)28(15-10-17-36-32(34)35-5)38-33(41)43-20-27-25-13-8-6-11-23(25)24-12-7-9-14-26(24)27;;/h6-9,11-14,21-22,27-29H,10,15-20H2,1-5H3,(H,37,39)(H,38,41)(H3,34,35,36);1H4;1H2/t28-,29+;;/m1../s1. The van der Waals surface area contributed by atoms with E-state index in [-0.39, 0.29) is 58.4 Å². The number of benzene rings is 2. The predicted molar refractivity (Wildman–Crippen MR) is 186 cm³/mol. The van der Waals surface area contributed by atoms with Gasteiger partial charge in [-0.15, -0.1) is 0 Å². The van der Waals surface area contributed by atoms with Gasteiger partial charge in [0, 0.05) is 19.5 Å². The zero-order chi connectivity index (χ0) is 31.4. The average Bonchev–Trinajstić information content (AvgIpc) is 3.30. The van der Waals surface area contributed by atoms with Crippen molar-refractivity contribution in [1.29, 1.82) is 0 Å². The van der Waals surface area contributed by atoms with Crippen molar-refractivity contribution in [2.45, 2.75) is 78.8 Å². The number of aliphatic imine (C=N–C) groups is 1. The molecular weight excluding hydrogens is 590 g/mol. The second-order valence-corrected chi connectivity index (χ2v) is 11.7. The number of hydrogen-bond acceptors (Lipinski definition) is 6. The maximum Gasteiger partial charge on any atom is 0.407 e. The van der Waals surface area contributed by atoms with Crippen LogP contribution in [-0.4, -0.2) is 62.8 Å². The number of carbonyl (C=O) groups excluding carboxylic acids is 3. The minimum Gasteiger partial charge on any atom is -0.464 e. The molecule has 10 nitrogen and oxygen atoms in total. The van der Waals surface area contributed by atoms with Gasteiger partial charge >= 0.3 is 12.1 Å². The van der Waals surface area contributed by atoms with Gasteiger partial charge in [-0.05, 0) is 59.8 Å². The summed E-state index contributed by atoms with van der Waals surface area (Å²) in [5, 5.41) is 8.51. The average molecular weight is 644 g/mol. The zero-order valence-electron chi connectivity index (χ0n) is 26.5. The summed E-state index contributed by atoms with van der Waals surface area (Å²) in [4.78, 5) is 43.3. The first-order valence-corrected chi connectivity index (χ1v) is 15.1. The lowest BCUT2D eigenvalue weighted by Crippen LogP contribution is -2.52. The Morgan fingerprint density at radius 2 is 1.47 bits per heavy atom. The van der Waals surface area contributed by atoms with Crippen LogP contribution in [0.1, 0.15) is 77.8 Å². The van der Waals surface area contributed by atoms with Crippen LogP contribution < -0.4 is 21.7 Å². The van der Waals surface area contributed by atoms with Crippen molar-refractivity contribution in [3.05, 3.63) is 59.7 Å². The number of amides is 2. The molecule has 0 aromatic heterocycles. The van der Waals surface area contributed by atoms with Crippen molar-refractivity contribution in [3.8, 4) is 11.1 Å². The second kappa shape index (κ2) is 19.6. The molecule has 3 rings (SSSR count). The third kappa shape index (κ3) is 11.9. The van der Waals surface area contributed by atoms with Gasteiger partial charge in [-0.1, -0.05) is 83.7 Å². The molecule has 11 heteroatoms. The van der Waals surface area contributed by atoms with Gasteiger partial charge in [0.25, 0.3) is 0 Å². The highest BCUT2D eigenvalue weighted by Gasteiger charge is 2.31. The second-order valence-electron chi connectivity index (χ2n) is 11.7. The maximum atomic E-state index is 13.5. The van der Waals surface area contributed by atoms with Crippen LogP contribution in [0.4, 0.5) is 4.79 Å². The van der Waals surface area contributed by atoms with Crippen molar-refractivity contribution in [2.24, 2.45) is 22.6 Å². The Hall–Kier alpha value is -3.73. The largest absolute Gasteiger partial charge is 0.464 e. The summed E-state index contributed by atoms with van der Waals surface area (Å²) in [5.74, 6) is -0.254. The van der Waals surface area contributed by atoms with Crippen molar-refractivity contribution in [3.63, 3.8) is 0 Å². The van der Waals surface area contributed by atoms with Gasteiger partial charge in [0.2, 0.25) is 5.91 Å². The zero-order valence-corrected chi connectivity index (χ0v) is 27.5. The number of fused-ring (bicyclic) bond motifs is 3. The Labute approximate surface area is 275 Å². The number of ether oxygens (including phenoxy) is 2. The molecule has 2 aromatic rings. The molecule has 2 aromatic carbocycles. The topological polar surface area (TPSA) is 144 Å². The highest BCUT2D eigenvalue weighted by molar-refractivity contribution is 7.59. The molecule has 0 saturated heterocycles. The molecule has 0 fully saturated rings. The summed E-state index contributed by atoms with van der Waals surface area (Å²) in [6.07, 6.45) is 1.24. The van der Waals surface area contributed by atoms with Gasteiger partial charge in [-0.3, -0.25) is 9.79 Å². The highest BCUT2D eigenvalue weighted by atomic mass is 32.1. The first kappa shape index (κ1) is 39.3. The smallest absolute Gasteiger partial charge is 0.407 e. The number of carbonyl (C=O) groups is 3. The van der Waals surface area contributed by atoms with E-state index in [0.717, 1.165) is 28.7 Å². The minimum absolute atomic E-state index is 0. The molecule has 2 atom stereocenters. The van der Waals surface area contributed by atoms with Crippen LogP contribution in [0.3, 0.4) is 0 Å². The summed E-state index contributed by atoms with van der Waals surface area (Å²) in [6.45, 7) is 8.90. The summed E-state index contributed by atoms with van der Waals surface area (Å²) in [5.41, 5.74) is 10.2. The Morgan fingerprint density at radius 3 is 2.02 bits per heavy atom. The third-order valence-corrected chi connectivity index (χ3v) is 7.42. The van der Waals surface area contributed by atoms with E-state index in [9.17, 15) is 14.4 Å². The van der Waals surface area contributed by atoms with Crippen molar-refractivity contribution in [2.75, 3.05) is 26.8 Å². The number of guanidine groups is 1. The molecule has 0 radical (unpaired) electrons. The van der Waals surface area contributed by atoms with Crippen LogP contribution in [0.2, 0.25) is 0 Å². The molecule has 0 heterocycles. The SMILES string of the molecule is C.CN=C(N)NCCC[C@@H](NC(=O)OCC1c2ccccc2-c2ccccc21)C(=O)N[C@@H](CC(C)C)C(=O)OCCC(C)C.S. The molecule has 1 aliphatic rings. The number of nitrogens with zero attached hydrogens (tertiary/aromatic N) is 1. The van der Waals surface area contributed by atoms with Gasteiger partial charge in [-0.25, -0.2) is 9.59 Å². The van der Waals surface area contributed by atoms with Crippen LogP contribution >= 0.6 is 13.5 Å². The Bertz CT molecular complexity index is 1220. The van der Waals surface area contributed by atoms with Crippen LogP contribution in [-0.2, 0) is 19.1 Å². The van der Waals surface area contributed by atoms with E-state index in [1.807, 2.05) is 50.2 Å². The maximum absolute atomic E-state index is 13.5. The van der Waals surface area contributed by atoms with E-state index < -0.39 is 30.1 Å². The predicted octanol–water partition coefficient (Wildman–Crippen LogP) is 5.08. The molecule has 0 bridgehead atoms. The molecule has 5 N–H and O–H groups in total. The first-order chi connectivity index (χ1) is 20.6. The van der Waals surface area contributed by atoms with Gasteiger partial charge in [-0.2, -0.15) is 13.5 Å². The molecule has 1 aliphatic carbocycles. The molecule has 250 valence electrons.